The summed E-state index contributed by atoms with van der Waals surface area (Å²) >= 11 is 13.4. The van der Waals surface area contributed by atoms with Crippen molar-refractivity contribution >= 4 is 57.1 Å². The molecule has 29 heavy (non-hydrogen) atoms. The number of anilines is 1. The lowest BCUT2D eigenvalue weighted by Gasteiger charge is -2.25. The van der Waals surface area contributed by atoms with E-state index in [9.17, 15) is 14.4 Å². The second-order valence-electron chi connectivity index (χ2n) is 6.47. The molecule has 0 radical (unpaired) electrons. The largest absolute Gasteiger partial charge is 0.297 e. The molecule has 1 fully saturated rings. The first-order valence-corrected chi connectivity index (χ1v) is 10.2. The van der Waals surface area contributed by atoms with Crippen LogP contribution in [0.1, 0.15) is 27.0 Å². The number of halogens is 2. The Hall–Kier alpha value is -2.61. The predicted octanol–water partition coefficient (Wildman–Crippen LogP) is 4.31. The number of Topliss-reactive ketones (excluding diaryl/α,β-unsaturated/α-hetero) is 2. The molecule has 0 N–H and O–H groups in total. The van der Waals surface area contributed by atoms with Crippen LogP contribution in [0.15, 0.2) is 48.5 Å². The van der Waals surface area contributed by atoms with E-state index in [2.05, 4.69) is 10.2 Å². The third-order valence-corrected chi connectivity index (χ3v) is 6.23. The number of amides is 1. The normalized spacial score (nSPS) is 19.1. The van der Waals surface area contributed by atoms with Gasteiger partial charge in [-0.25, -0.2) is 0 Å². The van der Waals surface area contributed by atoms with Gasteiger partial charge < -0.3 is 0 Å². The molecule has 2 heterocycles. The van der Waals surface area contributed by atoms with Crippen molar-refractivity contribution in [2.45, 2.75) is 13.0 Å². The fourth-order valence-electron chi connectivity index (χ4n) is 3.34. The number of rotatable bonds is 4. The molecule has 1 saturated heterocycles. The van der Waals surface area contributed by atoms with Crippen LogP contribution in [0.4, 0.5) is 5.13 Å². The van der Waals surface area contributed by atoms with Crippen LogP contribution < -0.4 is 4.90 Å². The Kier molecular flexibility index (Phi) is 5.21. The van der Waals surface area contributed by atoms with Crippen LogP contribution in [0.3, 0.4) is 0 Å². The Morgan fingerprint density at radius 1 is 1.03 bits per heavy atom. The van der Waals surface area contributed by atoms with Gasteiger partial charge in [0.15, 0.2) is 5.78 Å². The maximum absolute atomic E-state index is 13.2. The van der Waals surface area contributed by atoms with Gasteiger partial charge in [0, 0.05) is 5.56 Å². The summed E-state index contributed by atoms with van der Waals surface area (Å²) in [4.78, 5) is 40.3. The average Bonchev–Trinajstić information content (AvgIpc) is 3.25. The molecular formula is C20H13Cl2N3O3S. The summed E-state index contributed by atoms with van der Waals surface area (Å²) in [6.07, 6.45) is 0. The molecule has 2 unspecified atom stereocenters. The minimum Gasteiger partial charge on any atom is -0.293 e. The van der Waals surface area contributed by atoms with Crippen LogP contribution in [0, 0.1) is 12.8 Å². The molecule has 9 heteroatoms. The zero-order chi connectivity index (χ0) is 20.7. The van der Waals surface area contributed by atoms with Crippen LogP contribution in [-0.4, -0.2) is 27.7 Å². The molecule has 3 aromatic rings. The van der Waals surface area contributed by atoms with Crippen molar-refractivity contribution in [3.63, 3.8) is 0 Å². The second kappa shape index (κ2) is 7.67. The van der Waals surface area contributed by atoms with Gasteiger partial charge in [0.1, 0.15) is 10.9 Å². The van der Waals surface area contributed by atoms with Crippen LogP contribution >= 0.6 is 34.5 Å². The van der Waals surface area contributed by atoms with Crippen molar-refractivity contribution in [3.05, 3.63) is 74.7 Å². The van der Waals surface area contributed by atoms with Gasteiger partial charge in [-0.3, -0.25) is 19.3 Å². The van der Waals surface area contributed by atoms with E-state index in [4.69, 9.17) is 23.2 Å². The lowest BCUT2D eigenvalue weighted by molar-refractivity contribution is -0.135. The summed E-state index contributed by atoms with van der Waals surface area (Å²) in [5, 5.41) is 9.42. The van der Waals surface area contributed by atoms with E-state index in [0.29, 0.717) is 21.2 Å². The second-order valence-corrected chi connectivity index (χ2v) is 8.44. The zero-order valence-corrected chi connectivity index (χ0v) is 17.3. The number of hydrogen-bond acceptors (Lipinski definition) is 6. The van der Waals surface area contributed by atoms with E-state index in [1.54, 1.807) is 55.5 Å². The molecule has 0 aliphatic carbocycles. The number of carbonyl (C=O) groups excluding carboxylic acids is 3. The minimum atomic E-state index is -1.23. The molecule has 6 nitrogen and oxygen atoms in total. The van der Waals surface area contributed by atoms with E-state index in [1.807, 2.05) is 0 Å². The minimum absolute atomic E-state index is 0.250. The standard InChI is InChI=1S/C20H13Cl2N3O3S/c1-10-23-24-20(29-10)25-16(12-7-8-13(21)14(22)9-12)15(18(27)19(25)28)17(26)11-5-3-2-4-6-11/h2-9,15-16H,1H3. The highest BCUT2D eigenvalue weighted by molar-refractivity contribution is 7.15. The highest BCUT2D eigenvalue weighted by atomic mass is 35.5. The number of ketones is 2. The molecule has 146 valence electrons. The first-order chi connectivity index (χ1) is 13.9. The van der Waals surface area contributed by atoms with Gasteiger partial charge in [0.25, 0.3) is 5.91 Å². The monoisotopic (exact) mass is 445 g/mol. The molecule has 1 aliphatic rings. The first-order valence-electron chi connectivity index (χ1n) is 8.60. The number of benzene rings is 2. The number of aromatic nitrogens is 2. The molecule has 2 aromatic carbocycles. The van der Waals surface area contributed by atoms with Crippen LogP contribution in [0.25, 0.3) is 0 Å². The number of aryl methyl sites for hydroxylation is 1. The zero-order valence-electron chi connectivity index (χ0n) is 15.0. The highest BCUT2D eigenvalue weighted by Crippen LogP contribution is 2.43. The first kappa shape index (κ1) is 19.7. The van der Waals surface area contributed by atoms with Gasteiger partial charge in [-0.1, -0.05) is 70.9 Å². The molecule has 4 rings (SSSR count). The molecule has 0 saturated carbocycles. The van der Waals surface area contributed by atoms with E-state index < -0.39 is 29.4 Å². The van der Waals surface area contributed by atoms with Gasteiger partial charge >= 0.3 is 0 Å². The molecule has 2 atom stereocenters. The molecular weight excluding hydrogens is 433 g/mol. The summed E-state index contributed by atoms with van der Waals surface area (Å²) in [5.41, 5.74) is 0.861. The van der Waals surface area contributed by atoms with Gasteiger partial charge in [-0.15, -0.1) is 10.2 Å². The van der Waals surface area contributed by atoms with Crippen molar-refractivity contribution < 1.29 is 14.4 Å². The van der Waals surface area contributed by atoms with Gasteiger partial charge in [0.05, 0.1) is 16.1 Å². The molecule has 1 aliphatic heterocycles. The quantitative estimate of drug-likeness (QED) is 0.339. The molecule has 1 amide bonds. The predicted molar refractivity (Wildman–Crippen MR) is 111 cm³/mol. The summed E-state index contributed by atoms with van der Waals surface area (Å²) in [7, 11) is 0. The Morgan fingerprint density at radius 2 is 1.76 bits per heavy atom. The topological polar surface area (TPSA) is 80.2 Å². The van der Waals surface area contributed by atoms with Gasteiger partial charge in [-0.2, -0.15) is 0 Å². The molecule has 0 bridgehead atoms. The van der Waals surface area contributed by atoms with Crippen LogP contribution in [-0.2, 0) is 9.59 Å². The Labute approximate surface area is 180 Å². The Bertz CT molecular complexity index is 1130. The lowest BCUT2D eigenvalue weighted by Crippen LogP contribution is -2.30. The molecule has 0 spiro atoms. The highest BCUT2D eigenvalue weighted by Gasteiger charge is 2.53. The fraction of sp³-hybridized carbons (Fsp3) is 0.150. The fourth-order valence-corrected chi connectivity index (χ4v) is 4.37. The van der Waals surface area contributed by atoms with Crippen molar-refractivity contribution in [3.8, 4) is 0 Å². The lowest BCUT2D eigenvalue weighted by atomic mass is 9.86. The van der Waals surface area contributed by atoms with Crippen molar-refractivity contribution in [1.29, 1.82) is 0 Å². The van der Waals surface area contributed by atoms with Crippen molar-refractivity contribution in [2.24, 2.45) is 5.92 Å². The SMILES string of the molecule is Cc1nnc(N2C(=O)C(=O)C(C(=O)c3ccccc3)C2c2ccc(Cl)c(Cl)c2)s1. The van der Waals surface area contributed by atoms with E-state index in [1.165, 1.54) is 16.2 Å². The third-order valence-electron chi connectivity index (χ3n) is 4.65. The Morgan fingerprint density at radius 3 is 2.38 bits per heavy atom. The number of carbonyl (C=O) groups is 3. The summed E-state index contributed by atoms with van der Waals surface area (Å²) in [6.45, 7) is 1.74. The van der Waals surface area contributed by atoms with Crippen LogP contribution in [0.2, 0.25) is 10.0 Å². The maximum Gasteiger partial charge on any atom is 0.297 e. The molecule has 1 aromatic heterocycles. The van der Waals surface area contributed by atoms with Crippen LogP contribution in [0.5, 0.6) is 0 Å². The van der Waals surface area contributed by atoms with Crippen molar-refractivity contribution in [2.75, 3.05) is 4.90 Å². The summed E-state index contributed by atoms with van der Waals surface area (Å²) in [6, 6.07) is 12.3. The van der Waals surface area contributed by atoms with Crippen molar-refractivity contribution in [1.82, 2.24) is 10.2 Å². The van der Waals surface area contributed by atoms with Gasteiger partial charge in [-0.05, 0) is 24.6 Å². The van der Waals surface area contributed by atoms with E-state index in [-0.39, 0.29) is 10.2 Å². The smallest absolute Gasteiger partial charge is 0.293 e. The van der Waals surface area contributed by atoms with Gasteiger partial charge in [0.2, 0.25) is 10.9 Å². The summed E-state index contributed by atoms with van der Waals surface area (Å²) < 4.78 is 0. The number of hydrogen-bond donors (Lipinski definition) is 0. The third kappa shape index (κ3) is 3.46. The summed E-state index contributed by atoms with van der Waals surface area (Å²) in [5.74, 6) is -3.26. The average molecular weight is 446 g/mol. The number of nitrogens with zero attached hydrogens (tertiary/aromatic N) is 3. The van der Waals surface area contributed by atoms with E-state index in [0.717, 1.165) is 0 Å². The Balaban J connectivity index is 1.88. The van der Waals surface area contributed by atoms with E-state index >= 15 is 0 Å². The maximum atomic E-state index is 13.2.